The molecule has 3 saturated heterocycles. The average molecular weight is 424 g/mol. The Morgan fingerprint density at radius 2 is 1.73 bits per heavy atom. The molecule has 0 unspecified atom stereocenters. The minimum atomic E-state index is -0.659. The van der Waals surface area contributed by atoms with Gasteiger partial charge in [-0.1, -0.05) is 12.8 Å². The highest BCUT2D eigenvalue weighted by Gasteiger charge is 2.42. The molecule has 0 aromatic rings. The molecule has 1 N–H and O–H groups in total. The lowest BCUT2D eigenvalue weighted by Crippen LogP contribution is -2.58. The lowest BCUT2D eigenvalue weighted by Gasteiger charge is -2.45. The van der Waals surface area contributed by atoms with Crippen molar-refractivity contribution in [2.45, 2.75) is 69.3 Å². The molecule has 0 radical (unpaired) electrons. The van der Waals surface area contributed by atoms with Crippen molar-refractivity contribution in [2.75, 3.05) is 53.0 Å². The lowest BCUT2D eigenvalue weighted by atomic mass is 9.93. The van der Waals surface area contributed by atoms with Crippen LogP contribution < -0.4 is 0 Å². The van der Waals surface area contributed by atoms with Crippen LogP contribution in [0, 0.1) is 5.92 Å². The predicted octanol–water partition coefficient (Wildman–Crippen LogP) is 0.477. The van der Waals surface area contributed by atoms with Crippen LogP contribution in [-0.4, -0.2) is 109 Å². The summed E-state index contributed by atoms with van der Waals surface area (Å²) in [5.41, 5.74) is 0. The Morgan fingerprint density at radius 3 is 2.47 bits per heavy atom. The smallest absolute Gasteiger partial charge is 0.226 e. The molecule has 4 rings (SSSR count). The topological polar surface area (TPSA) is 82.6 Å². The summed E-state index contributed by atoms with van der Waals surface area (Å²) in [5.74, 6) is 0.404. The highest BCUT2D eigenvalue weighted by Crippen LogP contribution is 2.32. The predicted molar refractivity (Wildman–Crippen MR) is 111 cm³/mol. The number of aliphatic hydroxyl groups excluding tert-OH is 1. The standard InChI is InChI=1S/C22H37N3O5/c1-23-8-10-24(11-9-23)21(27)12-18-6-7-19-20(30-18)15-29-14-17(26)13-25(19)22(28)16-4-2-3-5-16/h16-20,26H,2-15H2,1H3/t17-,18-,19+,20-/m0/s1. The number of nitrogens with zero attached hydrogens (tertiary/aromatic N) is 3. The molecule has 0 spiro atoms. The van der Waals surface area contributed by atoms with E-state index in [1.54, 1.807) is 0 Å². The fraction of sp³-hybridized carbons (Fsp3) is 0.909. The van der Waals surface area contributed by atoms with Crippen molar-refractivity contribution in [1.29, 1.82) is 0 Å². The zero-order valence-corrected chi connectivity index (χ0v) is 18.2. The number of fused-ring (bicyclic) bond motifs is 1. The van der Waals surface area contributed by atoms with Gasteiger partial charge in [0.2, 0.25) is 11.8 Å². The summed E-state index contributed by atoms with van der Waals surface area (Å²) in [6, 6.07) is -0.0805. The highest BCUT2D eigenvalue weighted by molar-refractivity contribution is 5.79. The molecule has 4 aliphatic rings. The van der Waals surface area contributed by atoms with E-state index < -0.39 is 6.10 Å². The van der Waals surface area contributed by atoms with Crippen LogP contribution in [0.25, 0.3) is 0 Å². The van der Waals surface area contributed by atoms with E-state index in [0.29, 0.717) is 19.6 Å². The molecule has 0 aromatic carbocycles. The second-order valence-electron chi connectivity index (χ2n) is 9.49. The first-order chi connectivity index (χ1) is 14.5. The molecule has 0 aromatic heterocycles. The Labute approximate surface area is 179 Å². The van der Waals surface area contributed by atoms with Gasteiger partial charge < -0.3 is 29.3 Å². The van der Waals surface area contributed by atoms with E-state index in [2.05, 4.69) is 11.9 Å². The third-order valence-corrected chi connectivity index (χ3v) is 7.23. The molecule has 2 amide bonds. The molecule has 3 aliphatic heterocycles. The minimum Gasteiger partial charge on any atom is -0.389 e. The van der Waals surface area contributed by atoms with Crippen LogP contribution in [-0.2, 0) is 19.1 Å². The first-order valence-electron chi connectivity index (χ1n) is 11.7. The van der Waals surface area contributed by atoms with E-state index in [1.165, 1.54) is 0 Å². The number of amides is 2. The fourth-order valence-corrected chi connectivity index (χ4v) is 5.38. The fourth-order valence-electron chi connectivity index (χ4n) is 5.38. The first-order valence-corrected chi connectivity index (χ1v) is 11.7. The van der Waals surface area contributed by atoms with Gasteiger partial charge in [0.05, 0.1) is 37.9 Å². The Morgan fingerprint density at radius 1 is 1.00 bits per heavy atom. The third kappa shape index (κ3) is 5.15. The van der Waals surface area contributed by atoms with Gasteiger partial charge in [0.1, 0.15) is 6.10 Å². The molecule has 4 atom stereocenters. The molecule has 4 fully saturated rings. The van der Waals surface area contributed by atoms with Crippen LogP contribution in [0.3, 0.4) is 0 Å². The zero-order chi connectivity index (χ0) is 21.1. The summed E-state index contributed by atoms with van der Waals surface area (Å²) in [6.07, 6.45) is 5.03. The quantitative estimate of drug-likeness (QED) is 0.711. The number of likely N-dealkylation sites (N-methyl/N-ethyl adjacent to an activating group) is 1. The lowest BCUT2D eigenvalue weighted by molar-refractivity contribution is -0.173. The number of carbonyl (C=O) groups is 2. The maximum atomic E-state index is 13.2. The Balaban J connectivity index is 1.38. The number of aliphatic hydroxyl groups is 1. The molecule has 8 nitrogen and oxygen atoms in total. The summed E-state index contributed by atoms with van der Waals surface area (Å²) in [5, 5.41) is 10.3. The third-order valence-electron chi connectivity index (χ3n) is 7.23. The Bertz CT molecular complexity index is 604. The van der Waals surface area contributed by atoms with Gasteiger partial charge in [0, 0.05) is 38.6 Å². The van der Waals surface area contributed by atoms with Gasteiger partial charge in [-0.25, -0.2) is 0 Å². The van der Waals surface area contributed by atoms with Gasteiger partial charge >= 0.3 is 0 Å². The first kappa shape index (κ1) is 22.0. The highest BCUT2D eigenvalue weighted by atomic mass is 16.5. The number of β-amino-alcohol motifs (C(OH)–C–C–N with tert-alkyl or cyclic N) is 1. The second kappa shape index (κ2) is 9.94. The number of carbonyl (C=O) groups excluding carboxylic acids is 2. The van der Waals surface area contributed by atoms with E-state index >= 15 is 0 Å². The number of ether oxygens (including phenoxy) is 2. The van der Waals surface area contributed by atoms with Crippen molar-refractivity contribution in [1.82, 2.24) is 14.7 Å². The maximum Gasteiger partial charge on any atom is 0.226 e. The van der Waals surface area contributed by atoms with E-state index in [9.17, 15) is 14.7 Å². The largest absolute Gasteiger partial charge is 0.389 e. The SMILES string of the molecule is CN1CCN(C(=O)C[C@@H]2CC[C@@H]3[C@H](COC[C@@H](O)CN3C(=O)C3CCCC3)O2)CC1. The Kier molecular flexibility index (Phi) is 7.28. The number of hydrogen-bond acceptors (Lipinski definition) is 6. The van der Waals surface area contributed by atoms with E-state index in [1.807, 2.05) is 9.80 Å². The molecular formula is C22H37N3O5. The summed E-state index contributed by atoms with van der Waals surface area (Å²) in [4.78, 5) is 32.0. The van der Waals surface area contributed by atoms with Crippen LogP contribution in [0.2, 0.25) is 0 Å². The van der Waals surface area contributed by atoms with Gasteiger partial charge in [-0.05, 0) is 32.7 Å². The van der Waals surface area contributed by atoms with Crippen LogP contribution in [0.15, 0.2) is 0 Å². The molecule has 170 valence electrons. The number of hydrogen-bond donors (Lipinski definition) is 1. The molecular weight excluding hydrogens is 386 g/mol. The zero-order valence-electron chi connectivity index (χ0n) is 18.2. The van der Waals surface area contributed by atoms with Crippen LogP contribution >= 0.6 is 0 Å². The van der Waals surface area contributed by atoms with Crippen molar-refractivity contribution in [3.05, 3.63) is 0 Å². The van der Waals surface area contributed by atoms with E-state index in [-0.39, 0.29) is 42.6 Å². The molecule has 30 heavy (non-hydrogen) atoms. The monoisotopic (exact) mass is 423 g/mol. The van der Waals surface area contributed by atoms with Crippen molar-refractivity contribution in [3.8, 4) is 0 Å². The van der Waals surface area contributed by atoms with E-state index in [0.717, 1.165) is 64.7 Å². The Hall–Kier alpha value is -1.22. The summed E-state index contributed by atoms with van der Waals surface area (Å²) in [7, 11) is 2.08. The van der Waals surface area contributed by atoms with Crippen LogP contribution in [0.1, 0.15) is 44.9 Å². The summed E-state index contributed by atoms with van der Waals surface area (Å²) in [6.45, 7) is 4.26. The molecule has 8 heteroatoms. The maximum absolute atomic E-state index is 13.2. The number of piperazine rings is 1. The molecule has 1 saturated carbocycles. The average Bonchev–Trinajstić information content (AvgIpc) is 3.26. The van der Waals surface area contributed by atoms with Gasteiger partial charge in [-0.15, -0.1) is 0 Å². The van der Waals surface area contributed by atoms with Crippen LogP contribution in [0.4, 0.5) is 0 Å². The van der Waals surface area contributed by atoms with Crippen molar-refractivity contribution in [2.24, 2.45) is 5.92 Å². The second-order valence-corrected chi connectivity index (χ2v) is 9.49. The van der Waals surface area contributed by atoms with Gasteiger partial charge in [-0.2, -0.15) is 0 Å². The normalized spacial score (nSPS) is 34.3. The number of rotatable bonds is 3. The van der Waals surface area contributed by atoms with Gasteiger partial charge in [-0.3, -0.25) is 9.59 Å². The van der Waals surface area contributed by atoms with Crippen molar-refractivity contribution >= 4 is 11.8 Å². The van der Waals surface area contributed by atoms with E-state index in [4.69, 9.17) is 9.47 Å². The summed E-state index contributed by atoms with van der Waals surface area (Å²) >= 11 is 0. The molecule has 1 aliphatic carbocycles. The van der Waals surface area contributed by atoms with Gasteiger partial charge in [0.25, 0.3) is 0 Å². The molecule has 3 heterocycles. The van der Waals surface area contributed by atoms with Crippen molar-refractivity contribution in [3.63, 3.8) is 0 Å². The van der Waals surface area contributed by atoms with Crippen molar-refractivity contribution < 1.29 is 24.2 Å². The minimum absolute atomic E-state index is 0.0785. The molecule has 0 bridgehead atoms. The van der Waals surface area contributed by atoms with Gasteiger partial charge in [0.15, 0.2) is 0 Å². The summed E-state index contributed by atoms with van der Waals surface area (Å²) < 4.78 is 12.0. The van der Waals surface area contributed by atoms with Crippen LogP contribution in [0.5, 0.6) is 0 Å².